The van der Waals surface area contributed by atoms with Crippen molar-refractivity contribution < 1.29 is 29.7 Å². The van der Waals surface area contributed by atoms with Crippen LogP contribution in [-0.2, 0) is 14.4 Å². The van der Waals surface area contributed by atoms with Crippen LogP contribution >= 0.6 is 0 Å². The summed E-state index contributed by atoms with van der Waals surface area (Å²) in [7, 11) is 0. The van der Waals surface area contributed by atoms with Gasteiger partial charge in [0, 0.05) is 18.1 Å². The number of hydrogen-bond acceptors (Lipinski definition) is 3. The molecule has 0 saturated carbocycles. The smallest absolute Gasteiger partial charge is 0.331 e. The summed E-state index contributed by atoms with van der Waals surface area (Å²) in [6.45, 7) is 4.53. The van der Waals surface area contributed by atoms with Gasteiger partial charge in [-0.1, -0.05) is 200 Å². The van der Waals surface area contributed by atoms with Gasteiger partial charge in [-0.15, -0.1) is 0 Å². The third kappa shape index (κ3) is 42.1. The van der Waals surface area contributed by atoms with Gasteiger partial charge in [-0.3, -0.25) is 4.79 Å². The first-order chi connectivity index (χ1) is 22.3. The Labute approximate surface area is 284 Å². The molecule has 0 radical (unpaired) electrons. The first-order valence-corrected chi connectivity index (χ1v) is 19.7. The zero-order valence-corrected chi connectivity index (χ0v) is 30.5. The third-order valence-corrected chi connectivity index (χ3v) is 8.87. The minimum absolute atomic E-state index is 0.00265. The van der Waals surface area contributed by atoms with Gasteiger partial charge < -0.3 is 15.3 Å². The maximum atomic E-state index is 10.9. The van der Waals surface area contributed by atoms with Crippen LogP contribution in [0.2, 0.25) is 0 Å². The van der Waals surface area contributed by atoms with Crippen molar-refractivity contribution in [1.29, 1.82) is 0 Å². The van der Waals surface area contributed by atoms with Gasteiger partial charge in [-0.2, -0.15) is 0 Å². The third-order valence-electron chi connectivity index (χ3n) is 8.87. The molecular formula is C40H76O6. The highest BCUT2D eigenvalue weighted by molar-refractivity contribution is 5.94. The van der Waals surface area contributed by atoms with Crippen molar-refractivity contribution in [3.8, 4) is 0 Å². The van der Waals surface area contributed by atoms with E-state index >= 15 is 0 Å². The highest BCUT2D eigenvalue weighted by Crippen LogP contribution is 2.16. The Morgan fingerprint density at radius 3 is 0.826 bits per heavy atom. The predicted octanol–water partition coefficient (Wildman–Crippen LogP) is 13.1. The van der Waals surface area contributed by atoms with E-state index < -0.39 is 17.9 Å². The van der Waals surface area contributed by atoms with Gasteiger partial charge in [-0.05, 0) is 19.3 Å². The quantitative estimate of drug-likeness (QED) is 0.0464. The van der Waals surface area contributed by atoms with Crippen molar-refractivity contribution in [1.82, 2.24) is 0 Å². The van der Waals surface area contributed by atoms with E-state index in [1.165, 1.54) is 167 Å². The lowest BCUT2D eigenvalue weighted by Crippen LogP contribution is -2.04. The Hall–Kier alpha value is -1.85. The van der Waals surface area contributed by atoms with Crippen LogP contribution in [0.1, 0.15) is 226 Å². The average Bonchev–Trinajstić information content (AvgIpc) is 3.02. The fraction of sp³-hybridized carbons (Fsp3) is 0.875. The number of hydrogen-bond donors (Lipinski definition) is 3. The summed E-state index contributed by atoms with van der Waals surface area (Å²) in [6, 6.07) is 0. The molecule has 0 aliphatic rings. The second-order valence-electron chi connectivity index (χ2n) is 13.5. The minimum atomic E-state index is -1.18. The summed E-state index contributed by atoms with van der Waals surface area (Å²) in [5.41, 5.74) is 0.00265. The molecule has 0 rings (SSSR count). The number of carbonyl (C=O) groups is 3. The lowest BCUT2D eigenvalue weighted by molar-refractivity contribution is -0.137. The van der Waals surface area contributed by atoms with E-state index in [9.17, 15) is 14.4 Å². The lowest BCUT2D eigenvalue weighted by Gasteiger charge is -2.04. The molecule has 6 nitrogen and oxygen atoms in total. The summed E-state index contributed by atoms with van der Waals surface area (Å²) < 4.78 is 0. The molecule has 0 aromatic carbocycles. The Kier molecular flexibility index (Phi) is 39.6. The van der Waals surface area contributed by atoms with Gasteiger partial charge in [0.25, 0.3) is 0 Å². The lowest BCUT2D eigenvalue weighted by atomic mass is 10.0. The first kappa shape index (κ1) is 46.3. The van der Waals surface area contributed by atoms with Crippen LogP contribution in [0.15, 0.2) is 11.6 Å². The molecular weight excluding hydrogens is 576 g/mol. The van der Waals surface area contributed by atoms with Crippen molar-refractivity contribution in [3.05, 3.63) is 11.6 Å². The summed E-state index contributed by atoms with van der Waals surface area (Å²) in [5.74, 6) is -2.95. The van der Waals surface area contributed by atoms with Crippen LogP contribution in [0.5, 0.6) is 0 Å². The molecule has 0 aliphatic carbocycles. The maximum absolute atomic E-state index is 10.9. The first-order valence-electron chi connectivity index (χ1n) is 19.7. The van der Waals surface area contributed by atoms with E-state index in [0.29, 0.717) is 12.8 Å². The normalized spacial score (nSPS) is 11.3. The van der Waals surface area contributed by atoms with E-state index in [1.807, 2.05) is 0 Å². The average molecular weight is 653 g/mol. The van der Waals surface area contributed by atoms with Crippen molar-refractivity contribution in [2.45, 2.75) is 226 Å². The second kappa shape index (κ2) is 39.3. The van der Waals surface area contributed by atoms with Crippen LogP contribution in [0, 0.1) is 0 Å². The zero-order valence-electron chi connectivity index (χ0n) is 30.5. The fourth-order valence-corrected chi connectivity index (χ4v) is 5.90. The van der Waals surface area contributed by atoms with Crippen LogP contribution in [-0.4, -0.2) is 33.2 Å². The summed E-state index contributed by atoms with van der Waals surface area (Å²) in [6.07, 6.45) is 41.8. The van der Waals surface area contributed by atoms with Gasteiger partial charge in [-0.25, -0.2) is 9.59 Å². The number of carboxylic acid groups (broad SMARTS) is 3. The Balaban J connectivity index is 0. The molecule has 0 saturated heterocycles. The molecule has 0 aromatic heterocycles. The van der Waals surface area contributed by atoms with Gasteiger partial charge in [0.1, 0.15) is 0 Å². The van der Waals surface area contributed by atoms with Crippen LogP contribution in [0.3, 0.4) is 0 Å². The minimum Gasteiger partial charge on any atom is -0.481 e. The molecule has 0 unspecified atom stereocenters. The van der Waals surface area contributed by atoms with Crippen molar-refractivity contribution in [2.75, 3.05) is 0 Å². The fourth-order valence-electron chi connectivity index (χ4n) is 5.90. The zero-order chi connectivity index (χ0) is 34.4. The van der Waals surface area contributed by atoms with Crippen LogP contribution in [0.4, 0.5) is 0 Å². The number of carboxylic acids is 3. The van der Waals surface area contributed by atoms with E-state index in [0.717, 1.165) is 38.2 Å². The molecule has 0 spiro atoms. The molecule has 0 heterocycles. The number of aliphatic carboxylic acids is 3. The maximum Gasteiger partial charge on any atom is 0.331 e. The molecule has 0 fully saturated rings. The summed E-state index contributed by atoms with van der Waals surface area (Å²) in [4.78, 5) is 31.8. The molecule has 0 amide bonds. The van der Waals surface area contributed by atoms with Crippen LogP contribution < -0.4 is 0 Å². The molecule has 6 heteroatoms. The van der Waals surface area contributed by atoms with Gasteiger partial charge in [0.15, 0.2) is 0 Å². The molecule has 272 valence electrons. The van der Waals surface area contributed by atoms with Crippen LogP contribution in [0.25, 0.3) is 0 Å². The number of unbranched alkanes of at least 4 members (excludes halogenated alkanes) is 29. The van der Waals surface area contributed by atoms with Gasteiger partial charge in [0.05, 0.1) is 0 Å². The van der Waals surface area contributed by atoms with Crippen molar-refractivity contribution in [3.63, 3.8) is 0 Å². The topological polar surface area (TPSA) is 112 Å². The SMILES string of the molecule is CCCCCCCCCCCCCCCCCC(=O)O.CCCCCCCCCCCCCCCCCC/C(=C\C(=O)O)C(=O)O. The highest BCUT2D eigenvalue weighted by atomic mass is 16.4. The van der Waals surface area contributed by atoms with E-state index in [1.54, 1.807) is 0 Å². The molecule has 3 N–H and O–H groups in total. The Bertz CT molecular complexity index is 702. The van der Waals surface area contributed by atoms with Crippen molar-refractivity contribution in [2.24, 2.45) is 0 Å². The monoisotopic (exact) mass is 653 g/mol. The van der Waals surface area contributed by atoms with Crippen molar-refractivity contribution >= 4 is 17.9 Å². The summed E-state index contributed by atoms with van der Waals surface area (Å²) in [5, 5.41) is 26.1. The van der Waals surface area contributed by atoms with E-state index in [2.05, 4.69) is 13.8 Å². The standard InChI is InChI=1S/C22H40O4.C18H36O2/c1-2-3-4-5-6-7-8-9-10-11-12-13-14-15-16-17-18-20(22(25)26)19-21(23)24;1-2-3-4-5-6-7-8-9-10-11-12-13-14-15-16-17-18(19)20/h19H,2-18H2,1H3,(H,23,24)(H,25,26);2-17H2,1H3,(H,19,20)/b20-19+;. The molecule has 0 atom stereocenters. The van der Waals surface area contributed by atoms with E-state index in [4.69, 9.17) is 15.3 Å². The number of rotatable bonds is 35. The molecule has 0 aliphatic heterocycles. The van der Waals surface area contributed by atoms with Gasteiger partial charge in [0.2, 0.25) is 0 Å². The van der Waals surface area contributed by atoms with E-state index in [-0.39, 0.29) is 5.57 Å². The summed E-state index contributed by atoms with van der Waals surface area (Å²) >= 11 is 0. The van der Waals surface area contributed by atoms with Gasteiger partial charge >= 0.3 is 17.9 Å². The molecule has 0 aromatic rings. The Morgan fingerprint density at radius 2 is 0.609 bits per heavy atom. The highest BCUT2D eigenvalue weighted by Gasteiger charge is 2.08. The Morgan fingerprint density at radius 1 is 0.370 bits per heavy atom. The molecule has 0 bridgehead atoms. The second-order valence-corrected chi connectivity index (χ2v) is 13.5. The predicted molar refractivity (Wildman–Crippen MR) is 195 cm³/mol. The largest absolute Gasteiger partial charge is 0.481 e. The molecule has 46 heavy (non-hydrogen) atoms.